The maximum Gasteiger partial charge on any atom is 0.271 e. The number of carbonyl (C=O) groups is 1. The molecule has 3 N–H and O–H groups in total. The van der Waals surface area contributed by atoms with Gasteiger partial charge >= 0.3 is 0 Å². The number of aromatic nitrogens is 1. The largest absolute Gasteiger partial charge is 0.376 e. The van der Waals surface area contributed by atoms with Crippen molar-refractivity contribution in [2.45, 2.75) is 58.0 Å². The molecule has 166 valence electrons. The van der Waals surface area contributed by atoms with Gasteiger partial charge in [0.1, 0.15) is 5.69 Å². The zero-order valence-electron chi connectivity index (χ0n) is 18.7. The molecule has 1 aromatic heterocycles. The first-order valence-electron chi connectivity index (χ1n) is 11.6. The number of hydrogen-bond acceptors (Lipinski definition) is 5. The van der Waals surface area contributed by atoms with Crippen molar-refractivity contribution in [1.29, 1.82) is 0 Å². The van der Waals surface area contributed by atoms with E-state index in [9.17, 15) is 9.59 Å². The number of anilines is 1. The van der Waals surface area contributed by atoms with Gasteiger partial charge in [0.05, 0.1) is 0 Å². The first-order valence-corrected chi connectivity index (χ1v) is 11.6. The van der Waals surface area contributed by atoms with Crippen molar-refractivity contribution < 1.29 is 4.79 Å². The molecule has 1 atom stereocenters. The number of pyridine rings is 1. The molecule has 0 saturated carbocycles. The summed E-state index contributed by atoms with van der Waals surface area (Å²) in [5.74, 6) is 0.157. The minimum absolute atomic E-state index is 0.120. The number of Topliss-reactive ketones (excluding diaryl/α,β-unsaturated/α-hetero) is 1. The van der Waals surface area contributed by atoms with E-state index < -0.39 is 0 Å². The van der Waals surface area contributed by atoms with Crippen LogP contribution in [0.15, 0.2) is 46.3 Å². The summed E-state index contributed by atoms with van der Waals surface area (Å²) in [5, 5.41) is 6.79. The quantitative estimate of drug-likeness (QED) is 0.653. The fourth-order valence-corrected chi connectivity index (χ4v) is 5.23. The third-order valence-corrected chi connectivity index (χ3v) is 6.74. The van der Waals surface area contributed by atoms with Crippen molar-refractivity contribution in [1.82, 2.24) is 15.2 Å². The van der Waals surface area contributed by atoms with Gasteiger partial charge in [-0.05, 0) is 69.4 Å². The van der Waals surface area contributed by atoms with Crippen molar-refractivity contribution in [3.05, 3.63) is 63.1 Å². The molecule has 3 aliphatic rings. The fraction of sp³-hybridized carbons (Fsp3) is 0.520. The summed E-state index contributed by atoms with van der Waals surface area (Å²) in [6.07, 6.45) is 12.8. The second kappa shape index (κ2) is 9.79. The zero-order valence-corrected chi connectivity index (χ0v) is 18.7. The van der Waals surface area contributed by atoms with Crippen LogP contribution in [0.4, 0.5) is 5.69 Å². The number of likely N-dealkylation sites (N-methyl/N-ethyl adjacent to an activating group) is 1. The molecule has 0 spiro atoms. The molecule has 1 saturated heterocycles. The van der Waals surface area contributed by atoms with E-state index in [0.29, 0.717) is 31.1 Å². The SMILES string of the molecule is CCN(C1CCNCC1)C1C/C=C\Cc2cc(C)[nH]c(=O)c2NCC2=C1C=CCC2=O. The highest BCUT2D eigenvalue weighted by Gasteiger charge is 2.31. The van der Waals surface area contributed by atoms with Gasteiger partial charge in [-0.25, -0.2) is 0 Å². The lowest BCUT2D eigenvalue weighted by Gasteiger charge is -2.41. The van der Waals surface area contributed by atoms with E-state index in [4.69, 9.17) is 0 Å². The van der Waals surface area contributed by atoms with Gasteiger partial charge < -0.3 is 15.6 Å². The number of nitrogens with zero attached hydrogens (tertiary/aromatic N) is 1. The summed E-state index contributed by atoms with van der Waals surface area (Å²) in [6.45, 7) is 7.56. The maximum absolute atomic E-state index is 13.0. The minimum Gasteiger partial charge on any atom is -0.376 e. The number of piperidine rings is 1. The number of carbonyl (C=O) groups excluding carboxylic acids is 1. The minimum atomic E-state index is -0.120. The molecule has 0 aromatic carbocycles. The van der Waals surface area contributed by atoms with E-state index in [2.05, 4.69) is 45.7 Å². The molecule has 3 heterocycles. The predicted octanol–water partition coefficient (Wildman–Crippen LogP) is 2.87. The van der Waals surface area contributed by atoms with Gasteiger partial charge in [0.15, 0.2) is 5.78 Å². The average molecular weight is 423 g/mol. The number of rotatable bonds is 3. The highest BCUT2D eigenvalue weighted by molar-refractivity contribution is 5.99. The number of ketones is 1. The standard InChI is InChI=1S/C25H34N4O2/c1-3-29(19-11-13-26-14-12-19)22-9-5-4-7-18-15-17(2)28-25(31)24(18)27-16-21-20(22)8-6-10-23(21)30/h4-6,8,15,19,22,26-27H,3,7,9-14,16H2,1-2H3,(H,28,31)/b5-4-. The van der Waals surface area contributed by atoms with E-state index >= 15 is 0 Å². The summed E-state index contributed by atoms with van der Waals surface area (Å²) >= 11 is 0. The molecule has 0 bridgehead atoms. The molecule has 4 rings (SSSR count). The van der Waals surface area contributed by atoms with Crippen LogP contribution in [-0.4, -0.2) is 53.9 Å². The van der Waals surface area contributed by atoms with Gasteiger partial charge in [0.2, 0.25) is 0 Å². The van der Waals surface area contributed by atoms with Gasteiger partial charge in [-0.1, -0.05) is 31.2 Å². The number of hydrogen-bond donors (Lipinski definition) is 3. The summed E-state index contributed by atoms with van der Waals surface area (Å²) in [4.78, 5) is 31.1. The average Bonchev–Trinajstić information content (AvgIpc) is 2.79. The van der Waals surface area contributed by atoms with E-state index in [1.807, 2.05) is 19.1 Å². The normalized spacial score (nSPS) is 23.7. The molecule has 6 nitrogen and oxygen atoms in total. The van der Waals surface area contributed by atoms with Crippen molar-refractivity contribution >= 4 is 11.5 Å². The summed E-state index contributed by atoms with van der Waals surface area (Å²) in [5.41, 5.74) is 4.22. The first kappa shape index (κ1) is 21.8. The lowest BCUT2D eigenvalue weighted by Crippen LogP contribution is -2.49. The molecule has 1 aromatic rings. The van der Waals surface area contributed by atoms with Crippen LogP contribution in [0.25, 0.3) is 0 Å². The van der Waals surface area contributed by atoms with Gasteiger partial charge in [0, 0.05) is 36.3 Å². The Kier molecular flexibility index (Phi) is 6.88. The lowest BCUT2D eigenvalue weighted by molar-refractivity contribution is -0.115. The molecule has 0 amide bonds. The smallest absolute Gasteiger partial charge is 0.271 e. The van der Waals surface area contributed by atoms with Crippen molar-refractivity contribution in [2.75, 3.05) is 31.5 Å². The molecular weight excluding hydrogens is 388 g/mol. The number of fused-ring (bicyclic) bond motifs is 1. The van der Waals surface area contributed by atoms with Crippen LogP contribution in [0.3, 0.4) is 0 Å². The van der Waals surface area contributed by atoms with Crippen LogP contribution in [-0.2, 0) is 11.2 Å². The van der Waals surface area contributed by atoms with E-state index in [-0.39, 0.29) is 17.4 Å². The predicted molar refractivity (Wildman–Crippen MR) is 126 cm³/mol. The molecule has 1 fully saturated rings. The van der Waals surface area contributed by atoms with Gasteiger partial charge in [0.25, 0.3) is 5.56 Å². The third-order valence-electron chi connectivity index (χ3n) is 6.74. The van der Waals surface area contributed by atoms with Crippen LogP contribution in [0.2, 0.25) is 0 Å². The Hall–Kier alpha value is -2.44. The van der Waals surface area contributed by atoms with Gasteiger partial charge in [-0.3, -0.25) is 14.5 Å². The lowest BCUT2D eigenvalue weighted by atomic mass is 9.87. The molecule has 6 heteroatoms. The van der Waals surface area contributed by atoms with Crippen LogP contribution < -0.4 is 16.2 Å². The summed E-state index contributed by atoms with van der Waals surface area (Å²) in [7, 11) is 0. The van der Waals surface area contributed by atoms with Crippen molar-refractivity contribution in [3.8, 4) is 0 Å². The number of H-pyrrole nitrogens is 1. The number of nitrogens with one attached hydrogen (secondary N) is 3. The van der Waals surface area contributed by atoms with Crippen LogP contribution in [0.1, 0.15) is 43.9 Å². The fourth-order valence-electron chi connectivity index (χ4n) is 5.23. The van der Waals surface area contributed by atoms with Crippen LogP contribution >= 0.6 is 0 Å². The molecule has 1 unspecified atom stereocenters. The van der Waals surface area contributed by atoms with Crippen molar-refractivity contribution in [3.63, 3.8) is 0 Å². The summed E-state index contributed by atoms with van der Waals surface area (Å²) in [6, 6.07) is 2.71. The molecular formula is C25H34N4O2. The topological polar surface area (TPSA) is 77.2 Å². The molecule has 31 heavy (non-hydrogen) atoms. The van der Waals surface area contributed by atoms with Crippen molar-refractivity contribution in [2.24, 2.45) is 0 Å². The van der Waals surface area contributed by atoms with E-state index in [0.717, 1.165) is 61.3 Å². The number of allylic oxidation sites excluding steroid dienone is 2. The Morgan fingerprint density at radius 1 is 1.10 bits per heavy atom. The Bertz CT molecular complexity index is 966. The molecule has 2 aliphatic heterocycles. The highest BCUT2D eigenvalue weighted by atomic mass is 16.1. The number of aryl methyl sites for hydroxylation is 1. The highest BCUT2D eigenvalue weighted by Crippen LogP contribution is 2.29. The Morgan fingerprint density at radius 2 is 1.90 bits per heavy atom. The first-order chi connectivity index (χ1) is 15.1. The Morgan fingerprint density at radius 3 is 2.68 bits per heavy atom. The van der Waals surface area contributed by atoms with E-state index in [1.54, 1.807) is 0 Å². The third kappa shape index (κ3) is 4.75. The second-order valence-electron chi connectivity index (χ2n) is 8.74. The summed E-state index contributed by atoms with van der Waals surface area (Å²) < 4.78 is 0. The van der Waals surface area contributed by atoms with Gasteiger partial charge in [-0.15, -0.1) is 0 Å². The molecule has 1 aliphatic carbocycles. The van der Waals surface area contributed by atoms with Crippen LogP contribution in [0.5, 0.6) is 0 Å². The molecule has 0 radical (unpaired) electrons. The Labute approximate surface area is 184 Å². The van der Waals surface area contributed by atoms with Gasteiger partial charge in [-0.2, -0.15) is 0 Å². The monoisotopic (exact) mass is 422 g/mol. The number of aromatic amines is 1. The van der Waals surface area contributed by atoms with E-state index in [1.165, 1.54) is 0 Å². The Balaban J connectivity index is 1.75. The maximum atomic E-state index is 13.0. The van der Waals surface area contributed by atoms with Crippen LogP contribution in [0, 0.1) is 6.92 Å². The zero-order chi connectivity index (χ0) is 21.8. The second-order valence-corrected chi connectivity index (χ2v) is 8.74.